The van der Waals surface area contributed by atoms with Crippen molar-refractivity contribution in [3.05, 3.63) is 52.2 Å². The minimum Gasteiger partial charge on any atom is -0.326 e. The van der Waals surface area contributed by atoms with Crippen LogP contribution in [-0.4, -0.2) is 14.9 Å². The molecule has 0 aliphatic rings. The van der Waals surface area contributed by atoms with Crippen molar-refractivity contribution in [3.63, 3.8) is 0 Å². The first-order valence-corrected chi connectivity index (χ1v) is 7.70. The first kappa shape index (κ1) is 16.0. The summed E-state index contributed by atoms with van der Waals surface area (Å²) in [6, 6.07) is 8.42. The summed E-state index contributed by atoms with van der Waals surface area (Å²) < 4.78 is 0. The second-order valence-electron chi connectivity index (χ2n) is 4.17. The largest absolute Gasteiger partial charge is 0.326 e. The van der Waals surface area contributed by atoms with E-state index < -0.39 is 4.92 Å². The normalized spacial score (nSPS) is 10.1. The van der Waals surface area contributed by atoms with E-state index in [0.717, 1.165) is 10.4 Å². The van der Waals surface area contributed by atoms with Gasteiger partial charge < -0.3 is 5.73 Å². The first-order valence-electron chi connectivity index (χ1n) is 6.88. The minimum absolute atomic E-state index is 0.0469. The van der Waals surface area contributed by atoms with Gasteiger partial charge in [0.15, 0.2) is 0 Å². The Morgan fingerprint density at radius 1 is 1.32 bits per heavy atom. The molecular formula is C15H16N4O2S. The number of hydrogen-bond acceptors (Lipinski definition) is 6. The maximum absolute atomic E-state index is 11.1. The quantitative estimate of drug-likeness (QED) is 0.586. The number of fused-ring (bicyclic) bond motifs is 1. The highest BCUT2D eigenvalue weighted by atomic mass is 32.1. The lowest BCUT2D eigenvalue weighted by molar-refractivity contribution is -0.384. The van der Waals surface area contributed by atoms with Gasteiger partial charge in [-0.1, -0.05) is 37.3 Å². The molecule has 22 heavy (non-hydrogen) atoms. The summed E-state index contributed by atoms with van der Waals surface area (Å²) in [6.45, 7) is 4.39. The van der Waals surface area contributed by atoms with Crippen LogP contribution in [0.5, 0.6) is 0 Å². The smallest absolute Gasteiger partial charge is 0.279 e. The SMILES string of the molecule is CC.NCc1cnc2sc(-c3ccccc3[N+](=O)[O-])nc2c1. The zero-order valence-electron chi connectivity index (χ0n) is 12.3. The summed E-state index contributed by atoms with van der Waals surface area (Å²) in [5.74, 6) is 0. The number of nitro groups is 1. The van der Waals surface area contributed by atoms with Gasteiger partial charge in [0.25, 0.3) is 5.69 Å². The molecule has 0 unspecified atom stereocenters. The second-order valence-corrected chi connectivity index (χ2v) is 5.14. The number of nitrogens with two attached hydrogens (primary N) is 1. The Hall–Kier alpha value is -2.38. The third kappa shape index (κ3) is 3.10. The molecule has 1 aromatic carbocycles. The van der Waals surface area contributed by atoms with Gasteiger partial charge in [-0.2, -0.15) is 0 Å². The van der Waals surface area contributed by atoms with Gasteiger partial charge in [-0.05, 0) is 17.7 Å². The summed E-state index contributed by atoms with van der Waals surface area (Å²) in [5.41, 5.74) is 7.72. The molecule has 0 aliphatic heterocycles. The van der Waals surface area contributed by atoms with Crippen molar-refractivity contribution in [2.24, 2.45) is 5.73 Å². The zero-order chi connectivity index (χ0) is 16.1. The molecule has 0 spiro atoms. The average Bonchev–Trinajstić information content (AvgIpc) is 2.99. The molecule has 0 fully saturated rings. The topological polar surface area (TPSA) is 94.9 Å². The van der Waals surface area contributed by atoms with Crippen LogP contribution in [0.3, 0.4) is 0 Å². The maximum Gasteiger partial charge on any atom is 0.279 e. The molecule has 2 heterocycles. The molecule has 2 N–H and O–H groups in total. The van der Waals surface area contributed by atoms with Crippen LogP contribution in [0.25, 0.3) is 20.9 Å². The molecule has 0 radical (unpaired) electrons. The van der Waals surface area contributed by atoms with Crippen LogP contribution >= 0.6 is 11.3 Å². The number of thiazole rings is 1. The predicted octanol–water partition coefficient (Wildman–Crippen LogP) is 3.75. The predicted molar refractivity (Wildman–Crippen MR) is 88.7 cm³/mol. The van der Waals surface area contributed by atoms with Gasteiger partial charge in [-0.3, -0.25) is 10.1 Å². The van der Waals surface area contributed by atoms with Gasteiger partial charge in [-0.25, -0.2) is 9.97 Å². The number of hydrogen-bond donors (Lipinski definition) is 1. The van der Waals surface area contributed by atoms with Gasteiger partial charge in [-0.15, -0.1) is 0 Å². The Morgan fingerprint density at radius 3 is 2.73 bits per heavy atom. The number of para-hydroxylation sites is 1. The van der Waals surface area contributed by atoms with Gasteiger partial charge in [0.2, 0.25) is 0 Å². The van der Waals surface area contributed by atoms with Crippen LogP contribution in [0.15, 0.2) is 36.5 Å². The van der Waals surface area contributed by atoms with Crippen LogP contribution in [-0.2, 0) is 6.54 Å². The maximum atomic E-state index is 11.1. The van der Waals surface area contributed by atoms with Crippen molar-refractivity contribution >= 4 is 27.4 Å². The lowest BCUT2D eigenvalue weighted by Crippen LogP contribution is -1.96. The molecule has 3 rings (SSSR count). The van der Waals surface area contributed by atoms with E-state index in [0.29, 0.717) is 22.6 Å². The van der Waals surface area contributed by atoms with E-state index in [9.17, 15) is 10.1 Å². The Balaban J connectivity index is 0.000000847. The fourth-order valence-corrected chi connectivity index (χ4v) is 2.83. The minimum atomic E-state index is -0.403. The van der Waals surface area contributed by atoms with E-state index in [1.54, 1.807) is 24.4 Å². The van der Waals surface area contributed by atoms with Crippen LogP contribution < -0.4 is 5.73 Å². The van der Waals surface area contributed by atoms with Crippen molar-refractivity contribution in [1.29, 1.82) is 0 Å². The standard InChI is InChI=1S/C13H10N4O2S.C2H6/c14-6-8-5-10-13(15-7-8)20-12(16-10)9-3-1-2-4-11(9)17(18)19;1-2/h1-5,7H,6,14H2;1-2H3. The molecule has 114 valence electrons. The number of rotatable bonds is 3. The number of aromatic nitrogens is 2. The highest BCUT2D eigenvalue weighted by Crippen LogP contribution is 2.34. The van der Waals surface area contributed by atoms with Crippen molar-refractivity contribution in [2.45, 2.75) is 20.4 Å². The zero-order valence-corrected chi connectivity index (χ0v) is 13.1. The van der Waals surface area contributed by atoms with Crippen molar-refractivity contribution in [3.8, 4) is 10.6 Å². The third-order valence-electron chi connectivity index (χ3n) is 2.87. The van der Waals surface area contributed by atoms with Gasteiger partial charge in [0, 0.05) is 18.8 Å². The summed E-state index contributed by atoms with van der Waals surface area (Å²) in [7, 11) is 0. The number of benzene rings is 1. The Bertz CT molecular complexity index is 801. The lowest BCUT2D eigenvalue weighted by atomic mass is 10.2. The molecule has 2 aromatic heterocycles. The number of pyridine rings is 1. The molecule has 0 bridgehead atoms. The van der Waals surface area contributed by atoms with Gasteiger partial charge in [0.1, 0.15) is 15.4 Å². The van der Waals surface area contributed by atoms with Crippen molar-refractivity contribution in [1.82, 2.24) is 9.97 Å². The Labute approximate surface area is 131 Å². The van der Waals surface area contributed by atoms with Crippen LogP contribution in [0.2, 0.25) is 0 Å². The molecule has 0 saturated heterocycles. The van der Waals surface area contributed by atoms with Crippen molar-refractivity contribution in [2.75, 3.05) is 0 Å². The third-order valence-corrected chi connectivity index (χ3v) is 3.88. The average molecular weight is 316 g/mol. The summed E-state index contributed by atoms with van der Waals surface area (Å²) in [6.07, 6.45) is 1.70. The Morgan fingerprint density at radius 2 is 2.05 bits per heavy atom. The fraction of sp³-hybridized carbons (Fsp3) is 0.200. The molecule has 7 heteroatoms. The summed E-state index contributed by atoms with van der Waals surface area (Å²) in [5, 5.41) is 11.7. The van der Waals surface area contributed by atoms with E-state index >= 15 is 0 Å². The number of nitro benzene ring substituents is 1. The Kier molecular flexibility index (Phi) is 5.13. The molecule has 3 aromatic rings. The van der Waals surface area contributed by atoms with E-state index in [4.69, 9.17) is 5.73 Å². The molecule has 6 nitrogen and oxygen atoms in total. The molecule has 0 amide bonds. The molecule has 0 atom stereocenters. The highest BCUT2D eigenvalue weighted by molar-refractivity contribution is 7.21. The molecule has 0 saturated carbocycles. The van der Waals surface area contributed by atoms with Gasteiger partial charge in [0.05, 0.1) is 10.5 Å². The van der Waals surface area contributed by atoms with E-state index in [1.807, 2.05) is 19.9 Å². The monoisotopic (exact) mass is 316 g/mol. The van der Waals surface area contributed by atoms with E-state index in [2.05, 4.69) is 9.97 Å². The summed E-state index contributed by atoms with van der Waals surface area (Å²) in [4.78, 5) is 20.1. The lowest BCUT2D eigenvalue weighted by Gasteiger charge is -1.97. The first-order chi connectivity index (χ1) is 10.7. The van der Waals surface area contributed by atoms with E-state index in [1.165, 1.54) is 17.4 Å². The van der Waals surface area contributed by atoms with E-state index in [-0.39, 0.29) is 5.69 Å². The van der Waals surface area contributed by atoms with Gasteiger partial charge >= 0.3 is 0 Å². The molecule has 0 aliphatic carbocycles. The highest BCUT2D eigenvalue weighted by Gasteiger charge is 2.18. The second kappa shape index (κ2) is 7.06. The molecular weight excluding hydrogens is 300 g/mol. The van der Waals surface area contributed by atoms with Crippen LogP contribution in [0.4, 0.5) is 5.69 Å². The number of nitrogens with zero attached hydrogens (tertiary/aromatic N) is 3. The summed E-state index contributed by atoms with van der Waals surface area (Å²) >= 11 is 1.33. The van der Waals surface area contributed by atoms with Crippen molar-refractivity contribution < 1.29 is 4.92 Å². The fourth-order valence-electron chi connectivity index (χ4n) is 1.91. The van der Waals surface area contributed by atoms with Crippen LogP contribution in [0, 0.1) is 10.1 Å². The van der Waals surface area contributed by atoms with Crippen LogP contribution in [0.1, 0.15) is 19.4 Å².